The van der Waals surface area contributed by atoms with Crippen molar-refractivity contribution in [1.82, 2.24) is 19.5 Å². The smallest absolute Gasteiger partial charge is 0.245 e. The molecule has 0 amide bonds. The normalized spacial score (nSPS) is 16.8. The van der Waals surface area contributed by atoms with Gasteiger partial charge in [-0.2, -0.15) is 0 Å². The van der Waals surface area contributed by atoms with Crippen LogP contribution in [0.1, 0.15) is 26.2 Å². The molecule has 2 aromatic heterocycles. The Bertz CT molecular complexity index is 1660. The fourth-order valence-electron chi connectivity index (χ4n) is 5.98. The van der Waals surface area contributed by atoms with Crippen LogP contribution in [-0.4, -0.2) is 86.2 Å². The van der Waals surface area contributed by atoms with Gasteiger partial charge in [0.15, 0.2) is 0 Å². The Hall–Kier alpha value is -3.87. The first-order valence-electron chi connectivity index (χ1n) is 14.9. The topological polar surface area (TPSA) is 113 Å². The number of benzene rings is 2. The van der Waals surface area contributed by atoms with Crippen LogP contribution in [-0.2, 0) is 14.8 Å². The van der Waals surface area contributed by atoms with E-state index in [1.54, 1.807) is 23.9 Å². The third-order valence-electron chi connectivity index (χ3n) is 8.16. The van der Waals surface area contributed by atoms with Crippen molar-refractivity contribution in [3.8, 4) is 17.0 Å². The van der Waals surface area contributed by atoms with E-state index < -0.39 is 10.0 Å². The SMILES string of the molecule is CCCS(=O)(=O)Nc1ccccc1-c1ccc2cnc(Nc3ccc(N4CCC(N5CCOCC5)CC4)cc3OC)nn12. The summed E-state index contributed by atoms with van der Waals surface area (Å²) in [6.07, 6.45) is 4.55. The second kappa shape index (κ2) is 12.8. The number of piperidine rings is 1. The van der Waals surface area contributed by atoms with Crippen LogP contribution >= 0.6 is 0 Å². The van der Waals surface area contributed by atoms with E-state index in [-0.39, 0.29) is 5.75 Å². The van der Waals surface area contributed by atoms with Gasteiger partial charge in [-0.05, 0) is 49.6 Å². The summed E-state index contributed by atoms with van der Waals surface area (Å²) >= 11 is 0. The molecule has 0 unspecified atom stereocenters. The van der Waals surface area contributed by atoms with Crippen LogP contribution in [0.25, 0.3) is 16.8 Å². The Kier molecular flexibility index (Phi) is 8.68. The molecule has 2 N–H and O–H groups in total. The first-order chi connectivity index (χ1) is 20.9. The van der Waals surface area contributed by atoms with E-state index in [9.17, 15) is 8.42 Å². The van der Waals surface area contributed by atoms with Crippen molar-refractivity contribution in [2.45, 2.75) is 32.2 Å². The van der Waals surface area contributed by atoms with Crippen LogP contribution in [0, 0.1) is 0 Å². The fourth-order valence-corrected chi connectivity index (χ4v) is 7.13. The molecule has 0 spiro atoms. The number of para-hydroxylation sites is 1. The first kappa shape index (κ1) is 29.2. The third-order valence-corrected chi connectivity index (χ3v) is 9.64. The standard InChI is InChI=1S/C31H39N7O4S/c1-3-20-43(39,40)35-27-7-5-4-6-26(27)29-11-9-25-22-32-31(34-38(25)29)33-28-10-8-24(21-30(28)41-2)36-14-12-23(13-15-36)37-16-18-42-19-17-37/h4-11,21-23,35H,3,12-20H2,1-2H3,(H,33,34). The molecule has 2 fully saturated rings. The van der Waals surface area contributed by atoms with Crippen molar-refractivity contribution >= 4 is 38.6 Å². The molecule has 11 nitrogen and oxygen atoms in total. The minimum absolute atomic E-state index is 0.0554. The molecule has 0 saturated carbocycles. The summed E-state index contributed by atoms with van der Waals surface area (Å²) in [6, 6.07) is 18.0. The van der Waals surface area contributed by atoms with E-state index in [1.807, 2.05) is 43.3 Å². The number of ether oxygens (including phenoxy) is 2. The molecule has 0 radical (unpaired) electrons. The molecule has 6 rings (SSSR count). The maximum absolute atomic E-state index is 12.5. The molecule has 2 aromatic carbocycles. The predicted molar refractivity (Wildman–Crippen MR) is 170 cm³/mol. The minimum atomic E-state index is -3.46. The van der Waals surface area contributed by atoms with Crippen molar-refractivity contribution in [1.29, 1.82) is 0 Å². The van der Waals surface area contributed by atoms with Crippen molar-refractivity contribution in [2.75, 3.05) is 67.2 Å². The molecule has 0 aliphatic carbocycles. The molecule has 2 aliphatic rings. The van der Waals surface area contributed by atoms with Gasteiger partial charge in [0.25, 0.3) is 0 Å². The van der Waals surface area contributed by atoms with Gasteiger partial charge in [-0.1, -0.05) is 25.1 Å². The summed E-state index contributed by atoms with van der Waals surface area (Å²) in [5.74, 6) is 1.16. The number of morpholine rings is 1. The van der Waals surface area contributed by atoms with Crippen molar-refractivity contribution in [3.63, 3.8) is 0 Å². The number of rotatable bonds is 10. The summed E-state index contributed by atoms with van der Waals surface area (Å²) < 4.78 is 40.9. The summed E-state index contributed by atoms with van der Waals surface area (Å²) in [5, 5.41) is 8.08. The second-order valence-corrected chi connectivity index (χ2v) is 12.8. The number of anilines is 4. The highest BCUT2D eigenvalue weighted by Gasteiger charge is 2.26. The molecular weight excluding hydrogens is 566 g/mol. The minimum Gasteiger partial charge on any atom is -0.494 e. The molecule has 2 aliphatic heterocycles. The molecule has 12 heteroatoms. The van der Waals surface area contributed by atoms with Gasteiger partial charge in [0, 0.05) is 49.5 Å². The van der Waals surface area contributed by atoms with Gasteiger partial charge in [-0.25, -0.2) is 17.9 Å². The molecule has 4 aromatic rings. The van der Waals surface area contributed by atoms with E-state index in [0.717, 1.165) is 80.4 Å². The van der Waals surface area contributed by atoms with Crippen LogP contribution < -0.4 is 19.7 Å². The Morgan fingerprint density at radius 1 is 1.00 bits per heavy atom. The molecule has 228 valence electrons. The Balaban J connectivity index is 1.20. The van der Waals surface area contributed by atoms with Gasteiger partial charge in [0.2, 0.25) is 16.0 Å². The zero-order valence-electron chi connectivity index (χ0n) is 24.7. The van der Waals surface area contributed by atoms with Crippen molar-refractivity contribution in [2.24, 2.45) is 0 Å². The monoisotopic (exact) mass is 605 g/mol. The first-order valence-corrected chi connectivity index (χ1v) is 16.6. The largest absolute Gasteiger partial charge is 0.494 e. The lowest BCUT2D eigenvalue weighted by Gasteiger charge is -2.40. The van der Waals surface area contributed by atoms with Gasteiger partial charge >= 0.3 is 0 Å². The Labute approximate surface area is 252 Å². The van der Waals surface area contributed by atoms with Gasteiger partial charge in [0.1, 0.15) is 5.75 Å². The number of nitrogens with zero attached hydrogens (tertiary/aromatic N) is 5. The van der Waals surface area contributed by atoms with Crippen LogP contribution in [0.15, 0.2) is 60.8 Å². The van der Waals surface area contributed by atoms with Crippen LogP contribution in [0.5, 0.6) is 5.75 Å². The maximum atomic E-state index is 12.5. The number of hydrogen-bond donors (Lipinski definition) is 2. The maximum Gasteiger partial charge on any atom is 0.245 e. The summed E-state index contributed by atoms with van der Waals surface area (Å²) in [4.78, 5) is 9.52. The lowest BCUT2D eigenvalue weighted by molar-refractivity contribution is 0.0115. The number of fused-ring (bicyclic) bond motifs is 1. The number of nitrogens with one attached hydrogen (secondary N) is 2. The van der Waals surface area contributed by atoms with Crippen LogP contribution in [0.4, 0.5) is 23.0 Å². The summed E-state index contributed by atoms with van der Waals surface area (Å²) in [7, 11) is -1.79. The fraction of sp³-hybridized carbons (Fsp3) is 0.419. The third kappa shape index (κ3) is 6.56. The molecule has 43 heavy (non-hydrogen) atoms. The highest BCUT2D eigenvalue weighted by atomic mass is 32.2. The zero-order chi connectivity index (χ0) is 29.8. The Morgan fingerprint density at radius 3 is 2.56 bits per heavy atom. The molecule has 0 bridgehead atoms. The van der Waals surface area contributed by atoms with E-state index in [4.69, 9.17) is 14.6 Å². The van der Waals surface area contributed by atoms with Gasteiger partial charge in [-0.3, -0.25) is 9.62 Å². The van der Waals surface area contributed by atoms with E-state index >= 15 is 0 Å². The Morgan fingerprint density at radius 2 is 1.79 bits per heavy atom. The van der Waals surface area contributed by atoms with Gasteiger partial charge in [-0.15, -0.1) is 5.10 Å². The molecule has 4 heterocycles. The van der Waals surface area contributed by atoms with Crippen LogP contribution in [0.2, 0.25) is 0 Å². The molecule has 0 atom stereocenters. The molecular formula is C31H39N7O4S. The van der Waals surface area contributed by atoms with Crippen LogP contribution in [0.3, 0.4) is 0 Å². The number of methoxy groups -OCH3 is 1. The highest BCUT2D eigenvalue weighted by molar-refractivity contribution is 7.92. The summed E-state index contributed by atoms with van der Waals surface area (Å²) in [6.45, 7) is 7.58. The number of hydrogen-bond acceptors (Lipinski definition) is 9. The van der Waals surface area contributed by atoms with Crippen molar-refractivity contribution < 1.29 is 17.9 Å². The number of sulfonamides is 1. The predicted octanol–water partition coefficient (Wildman–Crippen LogP) is 4.60. The quantitative estimate of drug-likeness (QED) is 0.268. The van der Waals surface area contributed by atoms with E-state index in [1.165, 1.54) is 0 Å². The lowest BCUT2D eigenvalue weighted by atomic mass is 10.0. The zero-order valence-corrected chi connectivity index (χ0v) is 25.5. The highest BCUT2D eigenvalue weighted by Crippen LogP contribution is 2.34. The lowest BCUT2D eigenvalue weighted by Crippen LogP contribution is -2.49. The van der Waals surface area contributed by atoms with E-state index in [2.05, 4.69) is 37.0 Å². The molecule has 2 saturated heterocycles. The average Bonchev–Trinajstić information content (AvgIpc) is 3.45. The average molecular weight is 606 g/mol. The van der Waals surface area contributed by atoms with Crippen molar-refractivity contribution in [3.05, 3.63) is 60.8 Å². The van der Waals surface area contributed by atoms with E-state index in [0.29, 0.717) is 29.8 Å². The van der Waals surface area contributed by atoms with Gasteiger partial charge in [0.05, 0.1) is 54.9 Å². The van der Waals surface area contributed by atoms with Gasteiger partial charge < -0.3 is 19.7 Å². The second-order valence-electron chi connectivity index (χ2n) is 11.0. The summed E-state index contributed by atoms with van der Waals surface area (Å²) in [5.41, 5.74) is 4.67. The number of aromatic nitrogens is 3.